The van der Waals surface area contributed by atoms with Crippen LogP contribution in [0.4, 0.5) is 13.2 Å². The Morgan fingerprint density at radius 2 is 2.14 bits per heavy atom. The highest BCUT2D eigenvalue weighted by Gasteiger charge is 2.36. The van der Waals surface area contributed by atoms with Crippen molar-refractivity contribution < 1.29 is 13.2 Å². The second kappa shape index (κ2) is 6.77. The summed E-state index contributed by atoms with van der Waals surface area (Å²) in [7, 11) is 0. The molecule has 2 nitrogen and oxygen atoms in total. The molecular formula is C14H14ClF3N2S. The SMILES string of the molecule is CCCNC(c1cnccc1C(F)(F)F)c1sccc1Cl. The number of thiophene rings is 1. The van der Waals surface area contributed by atoms with Crippen molar-refractivity contribution in [2.24, 2.45) is 0 Å². The fourth-order valence-electron chi connectivity index (χ4n) is 2.04. The molecule has 0 bridgehead atoms. The molecule has 0 amide bonds. The zero-order chi connectivity index (χ0) is 15.5. The zero-order valence-corrected chi connectivity index (χ0v) is 12.8. The predicted molar refractivity (Wildman–Crippen MR) is 78.7 cm³/mol. The van der Waals surface area contributed by atoms with E-state index in [0.29, 0.717) is 16.4 Å². The summed E-state index contributed by atoms with van der Waals surface area (Å²) >= 11 is 7.43. The summed E-state index contributed by atoms with van der Waals surface area (Å²) in [6.07, 6.45) is -1.21. The van der Waals surface area contributed by atoms with E-state index < -0.39 is 17.8 Å². The maximum Gasteiger partial charge on any atom is 0.416 e. The van der Waals surface area contributed by atoms with Gasteiger partial charge in [0.2, 0.25) is 0 Å². The predicted octanol–water partition coefficient (Wildman–Crippen LogP) is 4.90. The van der Waals surface area contributed by atoms with E-state index in [2.05, 4.69) is 10.3 Å². The maximum atomic E-state index is 13.2. The lowest BCUT2D eigenvalue weighted by molar-refractivity contribution is -0.138. The molecule has 0 spiro atoms. The standard InChI is InChI=1S/C14H14ClF3N2S/c1-2-5-20-12(13-11(15)4-7-21-13)9-8-19-6-3-10(9)14(16,17)18/h3-4,6-8,12,20H,2,5H2,1H3. The van der Waals surface area contributed by atoms with Gasteiger partial charge in [-0.3, -0.25) is 4.98 Å². The highest BCUT2D eigenvalue weighted by molar-refractivity contribution is 7.10. The molecule has 0 fully saturated rings. The lowest BCUT2D eigenvalue weighted by Gasteiger charge is -2.22. The van der Waals surface area contributed by atoms with Crippen LogP contribution in [0, 0.1) is 0 Å². The fourth-order valence-corrected chi connectivity index (χ4v) is 3.30. The number of hydrogen-bond acceptors (Lipinski definition) is 3. The van der Waals surface area contributed by atoms with Crippen molar-refractivity contribution in [1.29, 1.82) is 0 Å². The Hall–Kier alpha value is -1.11. The van der Waals surface area contributed by atoms with Gasteiger partial charge in [-0.2, -0.15) is 13.2 Å². The first kappa shape index (κ1) is 16.3. The van der Waals surface area contributed by atoms with E-state index in [-0.39, 0.29) is 5.56 Å². The van der Waals surface area contributed by atoms with E-state index in [1.807, 2.05) is 6.92 Å². The summed E-state index contributed by atoms with van der Waals surface area (Å²) in [5, 5.41) is 5.36. The van der Waals surface area contributed by atoms with Gasteiger partial charge in [0.15, 0.2) is 0 Å². The van der Waals surface area contributed by atoms with Gasteiger partial charge in [0, 0.05) is 22.8 Å². The van der Waals surface area contributed by atoms with Crippen molar-refractivity contribution in [2.45, 2.75) is 25.6 Å². The molecule has 0 aliphatic carbocycles. The third-order valence-corrected chi connectivity index (χ3v) is 4.40. The lowest BCUT2D eigenvalue weighted by atomic mass is 10.0. The number of hydrogen-bond donors (Lipinski definition) is 1. The van der Waals surface area contributed by atoms with Crippen LogP contribution in [0.5, 0.6) is 0 Å². The number of alkyl halides is 3. The van der Waals surface area contributed by atoms with Crippen molar-refractivity contribution in [2.75, 3.05) is 6.54 Å². The van der Waals surface area contributed by atoms with Crippen molar-refractivity contribution in [3.8, 4) is 0 Å². The van der Waals surface area contributed by atoms with Crippen LogP contribution >= 0.6 is 22.9 Å². The van der Waals surface area contributed by atoms with Crippen LogP contribution < -0.4 is 5.32 Å². The minimum atomic E-state index is -4.42. The summed E-state index contributed by atoms with van der Waals surface area (Å²) in [5.74, 6) is 0. The van der Waals surface area contributed by atoms with Crippen LogP contribution in [0.3, 0.4) is 0 Å². The summed E-state index contributed by atoms with van der Waals surface area (Å²) in [6, 6.07) is 2.08. The summed E-state index contributed by atoms with van der Waals surface area (Å²) in [5.41, 5.74) is -0.585. The molecule has 2 heterocycles. The van der Waals surface area contributed by atoms with Gasteiger partial charge in [-0.1, -0.05) is 18.5 Å². The fraction of sp³-hybridized carbons (Fsp3) is 0.357. The molecule has 1 atom stereocenters. The lowest BCUT2D eigenvalue weighted by Crippen LogP contribution is -2.25. The summed E-state index contributed by atoms with van der Waals surface area (Å²) in [6.45, 7) is 2.54. The first-order valence-corrected chi connectivity index (χ1v) is 7.68. The third kappa shape index (κ3) is 3.75. The van der Waals surface area contributed by atoms with Gasteiger partial charge in [-0.25, -0.2) is 0 Å². The van der Waals surface area contributed by atoms with Gasteiger partial charge in [0.05, 0.1) is 16.6 Å². The average molecular weight is 335 g/mol. The third-order valence-electron chi connectivity index (χ3n) is 2.97. The quantitative estimate of drug-likeness (QED) is 0.840. The van der Waals surface area contributed by atoms with Crippen LogP contribution in [0.25, 0.3) is 0 Å². The van der Waals surface area contributed by atoms with Crippen molar-refractivity contribution in [3.63, 3.8) is 0 Å². The smallest absolute Gasteiger partial charge is 0.305 e. The van der Waals surface area contributed by atoms with Gasteiger partial charge in [0.25, 0.3) is 0 Å². The number of nitrogens with zero attached hydrogens (tertiary/aromatic N) is 1. The van der Waals surface area contributed by atoms with Crippen LogP contribution in [-0.4, -0.2) is 11.5 Å². The van der Waals surface area contributed by atoms with Crippen LogP contribution in [0.15, 0.2) is 29.9 Å². The molecule has 0 aliphatic heterocycles. The second-order valence-electron chi connectivity index (χ2n) is 4.48. The molecule has 0 aromatic carbocycles. The molecule has 0 radical (unpaired) electrons. The number of aromatic nitrogens is 1. The van der Waals surface area contributed by atoms with E-state index in [1.54, 1.807) is 11.4 Å². The highest BCUT2D eigenvalue weighted by Crippen LogP contribution is 2.39. The number of halogens is 4. The largest absolute Gasteiger partial charge is 0.416 e. The molecule has 2 rings (SSSR count). The molecule has 2 aromatic rings. The summed E-state index contributed by atoms with van der Waals surface area (Å²) < 4.78 is 39.6. The summed E-state index contributed by atoms with van der Waals surface area (Å²) in [4.78, 5) is 4.52. The minimum absolute atomic E-state index is 0.0998. The zero-order valence-electron chi connectivity index (χ0n) is 11.2. The number of nitrogens with one attached hydrogen (secondary N) is 1. The molecule has 0 saturated heterocycles. The molecule has 1 unspecified atom stereocenters. The Bertz CT molecular complexity index is 598. The van der Waals surface area contributed by atoms with E-state index in [0.717, 1.165) is 18.7 Å². The van der Waals surface area contributed by atoms with Crippen molar-refractivity contribution >= 4 is 22.9 Å². The van der Waals surface area contributed by atoms with E-state index in [4.69, 9.17) is 11.6 Å². The highest BCUT2D eigenvalue weighted by atomic mass is 35.5. The Morgan fingerprint density at radius 3 is 2.71 bits per heavy atom. The molecule has 1 N–H and O–H groups in total. The molecule has 21 heavy (non-hydrogen) atoms. The van der Waals surface area contributed by atoms with Crippen molar-refractivity contribution in [3.05, 3.63) is 50.9 Å². The Kier molecular flexibility index (Phi) is 5.24. The van der Waals surface area contributed by atoms with Gasteiger partial charge in [-0.15, -0.1) is 11.3 Å². The van der Waals surface area contributed by atoms with Crippen molar-refractivity contribution in [1.82, 2.24) is 10.3 Å². The number of pyridine rings is 1. The Labute approximate surface area is 130 Å². The number of rotatable bonds is 5. The van der Waals surface area contributed by atoms with Gasteiger partial charge < -0.3 is 5.32 Å². The first-order chi connectivity index (χ1) is 9.95. The Morgan fingerprint density at radius 1 is 1.38 bits per heavy atom. The molecular weight excluding hydrogens is 321 g/mol. The maximum absolute atomic E-state index is 13.2. The van der Waals surface area contributed by atoms with Crippen LogP contribution in [-0.2, 0) is 6.18 Å². The monoisotopic (exact) mass is 334 g/mol. The molecule has 114 valence electrons. The molecule has 7 heteroatoms. The first-order valence-electron chi connectivity index (χ1n) is 6.42. The minimum Gasteiger partial charge on any atom is -0.305 e. The molecule has 0 saturated carbocycles. The van der Waals surface area contributed by atoms with Gasteiger partial charge in [0.1, 0.15) is 0 Å². The molecule has 2 aromatic heterocycles. The van der Waals surface area contributed by atoms with Gasteiger partial charge in [-0.05, 0) is 30.5 Å². The topological polar surface area (TPSA) is 24.9 Å². The average Bonchev–Trinajstić information content (AvgIpc) is 2.85. The van der Waals surface area contributed by atoms with Crippen LogP contribution in [0.2, 0.25) is 5.02 Å². The molecule has 0 aliphatic rings. The van der Waals surface area contributed by atoms with E-state index in [9.17, 15) is 13.2 Å². The van der Waals surface area contributed by atoms with Crippen LogP contribution in [0.1, 0.15) is 35.4 Å². The second-order valence-corrected chi connectivity index (χ2v) is 5.84. The van der Waals surface area contributed by atoms with E-state index in [1.165, 1.54) is 17.5 Å². The normalized spacial score (nSPS) is 13.4. The van der Waals surface area contributed by atoms with Gasteiger partial charge >= 0.3 is 6.18 Å². The Balaban J connectivity index is 2.50. The van der Waals surface area contributed by atoms with E-state index >= 15 is 0 Å².